The van der Waals surface area contributed by atoms with Gasteiger partial charge in [0.1, 0.15) is 5.82 Å². The maximum absolute atomic E-state index is 14.2. The predicted octanol–water partition coefficient (Wildman–Crippen LogP) is 3.07. The topological polar surface area (TPSA) is 37.8 Å². The Kier molecular flexibility index (Phi) is 4.39. The second kappa shape index (κ2) is 6.05. The molecular weight excluding hydrogens is 260 g/mol. The lowest BCUT2D eigenvalue weighted by Gasteiger charge is -2.19. The molecule has 0 aliphatic rings. The molecule has 2 rings (SSSR count). The van der Waals surface area contributed by atoms with Crippen molar-refractivity contribution >= 4 is 0 Å². The highest BCUT2D eigenvalue weighted by atomic mass is 19.2. The van der Waals surface area contributed by atoms with Crippen LogP contribution in [0.3, 0.4) is 0 Å². The monoisotopic (exact) mass is 277 g/mol. The molecule has 1 aromatic carbocycles. The van der Waals surface area contributed by atoms with Gasteiger partial charge in [-0.25, -0.2) is 18.7 Å². The lowest BCUT2D eigenvalue weighted by molar-refractivity contribution is 0.476. The molecule has 1 aromatic heterocycles. The van der Waals surface area contributed by atoms with Gasteiger partial charge in [0.15, 0.2) is 11.6 Å². The minimum Gasteiger partial charge on any atom is -0.305 e. The fourth-order valence-electron chi connectivity index (χ4n) is 2.10. The molecule has 0 radical (unpaired) electrons. The first-order chi connectivity index (χ1) is 9.54. The number of nitrogens with zero attached hydrogens (tertiary/aromatic N) is 2. The van der Waals surface area contributed by atoms with Gasteiger partial charge in [0.2, 0.25) is 0 Å². The van der Waals surface area contributed by atoms with E-state index in [2.05, 4.69) is 15.3 Å². The van der Waals surface area contributed by atoms with Crippen LogP contribution in [0.1, 0.15) is 35.6 Å². The molecule has 0 saturated heterocycles. The highest BCUT2D eigenvalue weighted by Crippen LogP contribution is 2.26. The summed E-state index contributed by atoms with van der Waals surface area (Å²) in [5.74, 6) is -1.04. The molecule has 3 nitrogen and oxygen atoms in total. The van der Waals surface area contributed by atoms with Crippen molar-refractivity contribution in [1.82, 2.24) is 15.3 Å². The third-order valence-corrected chi connectivity index (χ3v) is 3.12. The molecule has 0 spiro atoms. The van der Waals surface area contributed by atoms with E-state index < -0.39 is 17.7 Å². The number of hydrogen-bond donors (Lipinski definition) is 1. The summed E-state index contributed by atoms with van der Waals surface area (Å²) in [6.45, 7) is 5.82. The van der Waals surface area contributed by atoms with Crippen LogP contribution in [0.5, 0.6) is 0 Å². The van der Waals surface area contributed by atoms with Gasteiger partial charge in [0.05, 0.1) is 11.7 Å². The second-order valence-electron chi connectivity index (χ2n) is 4.62. The highest BCUT2D eigenvalue weighted by Gasteiger charge is 2.21. The van der Waals surface area contributed by atoms with E-state index in [9.17, 15) is 8.78 Å². The lowest BCUT2D eigenvalue weighted by Crippen LogP contribution is -2.24. The molecule has 0 amide bonds. The van der Waals surface area contributed by atoms with E-state index in [1.165, 1.54) is 0 Å². The molecule has 5 heteroatoms. The van der Waals surface area contributed by atoms with Crippen LogP contribution in [0.25, 0.3) is 0 Å². The van der Waals surface area contributed by atoms with E-state index in [0.29, 0.717) is 23.6 Å². The van der Waals surface area contributed by atoms with Gasteiger partial charge in [-0.2, -0.15) is 0 Å². The Labute approximate surface area is 117 Å². The van der Waals surface area contributed by atoms with Crippen LogP contribution in [0.15, 0.2) is 24.4 Å². The van der Waals surface area contributed by atoms with Gasteiger partial charge in [-0.15, -0.1) is 0 Å². The van der Waals surface area contributed by atoms with Crippen LogP contribution < -0.4 is 5.32 Å². The molecule has 2 aromatic rings. The van der Waals surface area contributed by atoms with Crippen LogP contribution in [-0.2, 0) is 0 Å². The molecule has 0 aliphatic heterocycles. The van der Waals surface area contributed by atoms with Gasteiger partial charge >= 0.3 is 0 Å². The van der Waals surface area contributed by atoms with Crippen molar-refractivity contribution in [2.75, 3.05) is 6.54 Å². The number of benzene rings is 1. The van der Waals surface area contributed by atoms with Crippen molar-refractivity contribution in [3.63, 3.8) is 0 Å². The molecule has 106 valence electrons. The van der Waals surface area contributed by atoms with Crippen LogP contribution in [0.4, 0.5) is 8.78 Å². The van der Waals surface area contributed by atoms with E-state index >= 15 is 0 Å². The fourth-order valence-corrected chi connectivity index (χ4v) is 2.10. The van der Waals surface area contributed by atoms with Crippen molar-refractivity contribution in [3.05, 3.63) is 58.7 Å². The Hall–Kier alpha value is -1.88. The molecule has 20 heavy (non-hydrogen) atoms. The third-order valence-electron chi connectivity index (χ3n) is 3.12. The Balaban J connectivity index is 2.51. The number of rotatable bonds is 4. The summed E-state index contributed by atoms with van der Waals surface area (Å²) in [4.78, 5) is 8.32. The quantitative estimate of drug-likeness (QED) is 0.933. The highest BCUT2D eigenvalue weighted by molar-refractivity contribution is 5.32. The van der Waals surface area contributed by atoms with Crippen molar-refractivity contribution in [3.8, 4) is 0 Å². The lowest BCUT2D eigenvalue weighted by atomic mass is 10.0. The van der Waals surface area contributed by atoms with Crippen LogP contribution in [-0.4, -0.2) is 16.5 Å². The summed E-state index contributed by atoms with van der Waals surface area (Å²) in [5.41, 5.74) is 1.18. The number of nitrogens with one attached hydrogen (secondary N) is 1. The van der Waals surface area contributed by atoms with Gasteiger partial charge < -0.3 is 5.32 Å². The van der Waals surface area contributed by atoms with E-state index in [-0.39, 0.29) is 5.56 Å². The molecule has 1 unspecified atom stereocenters. The number of aromatic nitrogens is 2. The molecule has 1 heterocycles. The van der Waals surface area contributed by atoms with E-state index in [1.807, 2.05) is 6.92 Å². The number of aryl methyl sites for hydroxylation is 2. The molecule has 0 bridgehead atoms. The van der Waals surface area contributed by atoms with Gasteiger partial charge in [-0.05, 0) is 32.0 Å². The standard InChI is InChI=1S/C15H17F2N3/c1-4-18-15(12-7-8-19-10(3)20-12)11-6-5-9(2)13(16)14(11)17/h5-8,15,18H,4H2,1-3H3. The minimum atomic E-state index is -0.827. The Morgan fingerprint density at radius 3 is 2.55 bits per heavy atom. The van der Waals surface area contributed by atoms with Crippen LogP contribution in [0.2, 0.25) is 0 Å². The molecule has 0 fully saturated rings. The third kappa shape index (κ3) is 2.82. The minimum absolute atomic E-state index is 0.257. The molecule has 0 saturated carbocycles. The fraction of sp³-hybridized carbons (Fsp3) is 0.333. The summed E-state index contributed by atoms with van der Waals surface area (Å²) < 4.78 is 27.9. The Bertz CT molecular complexity index is 614. The summed E-state index contributed by atoms with van der Waals surface area (Å²) in [5, 5.41) is 3.13. The zero-order chi connectivity index (χ0) is 14.7. The number of halogens is 2. The summed E-state index contributed by atoms with van der Waals surface area (Å²) in [7, 11) is 0. The molecule has 1 atom stereocenters. The van der Waals surface area contributed by atoms with Crippen LogP contribution in [0, 0.1) is 25.5 Å². The average Bonchev–Trinajstić information content (AvgIpc) is 2.43. The smallest absolute Gasteiger partial charge is 0.164 e. The van der Waals surface area contributed by atoms with Gasteiger partial charge in [0.25, 0.3) is 0 Å². The van der Waals surface area contributed by atoms with E-state index in [0.717, 1.165) is 0 Å². The second-order valence-corrected chi connectivity index (χ2v) is 4.62. The van der Waals surface area contributed by atoms with Crippen molar-refractivity contribution in [2.45, 2.75) is 26.8 Å². The maximum atomic E-state index is 14.2. The van der Waals surface area contributed by atoms with Gasteiger partial charge in [0, 0.05) is 11.8 Å². The first-order valence-corrected chi connectivity index (χ1v) is 6.52. The van der Waals surface area contributed by atoms with Gasteiger partial charge in [-0.1, -0.05) is 19.1 Å². The summed E-state index contributed by atoms with van der Waals surface area (Å²) in [6, 6.07) is 4.39. The zero-order valence-electron chi connectivity index (χ0n) is 11.7. The maximum Gasteiger partial charge on any atom is 0.164 e. The summed E-state index contributed by atoms with van der Waals surface area (Å²) >= 11 is 0. The average molecular weight is 277 g/mol. The molecule has 1 N–H and O–H groups in total. The predicted molar refractivity (Wildman–Crippen MR) is 73.4 cm³/mol. The van der Waals surface area contributed by atoms with Crippen molar-refractivity contribution in [2.24, 2.45) is 0 Å². The molecule has 0 aliphatic carbocycles. The Morgan fingerprint density at radius 1 is 1.15 bits per heavy atom. The van der Waals surface area contributed by atoms with Crippen molar-refractivity contribution < 1.29 is 8.78 Å². The normalized spacial score (nSPS) is 12.4. The first kappa shape index (κ1) is 14.5. The Morgan fingerprint density at radius 2 is 1.90 bits per heavy atom. The largest absolute Gasteiger partial charge is 0.305 e. The first-order valence-electron chi connectivity index (χ1n) is 6.52. The summed E-state index contributed by atoms with van der Waals surface area (Å²) in [6.07, 6.45) is 1.62. The zero-order valence-corrected chi connectivity index (χ0v) is 11.7. The molecular formula is C15H17F2N3. The SMILES string of the molecule is CCNC(c1ccnc(C)n1)c1ccc(C)c(F)c1F. The van der Waals surface area contributed by atoms with E-state index in [1.54, 1.807) is 38.2 Å². The van der Waals surface area contributed by atoms with Gasteiger partial charge in [-0.3, -0.25) is 0 Å². The van der Waals surface area contributed by atoms with Crippen molar-refractivity contribution in [1.29, 1.82) is 0 Å². The van der Waals surface area contributed by atoms with Crippen LogP contribution >= 0.6 is 0 Å². The van der Waals surface area contributed by atoms with E-state index in [4.69, 9.17) is 0 Å². The number of hydrogen-bond acceptors (Lipinski definition) is 3.